The monoisotopic (exact) mass is 523 g/mol. The summed E-state index contributed by atoms with van der Waals surface area (Å²) in [6.07, 6.45) is -5.35. The highest BCUT2D eigenvalue weighted by atomic mass is 32.2. The molecule has 1 atom stereocenters. The molecule has 192 valence electrons. The normalized spacial score (nSPS) is 18.2. The van der Waals surface area contributed by atoms with Crippen molar-refractivity contribution in [3.05, 3.63) is 65.2 Å². The number of tetrazole rings is 1. The summed E-state index contributed by atoms with van der Waals surface area (Å²) in [7, 11) is -3.83. The molecular formula is C23H24F3N5O4S. The Labute approximate surface area is 205 Å². The van der Waals surface area contributed by atoms with Gasteiger partial charge in [0.1, 0.15) is 11.9 Å². The Morgan fingerprint density at radius 1 is 1.19 bits per heavy atom. The number of morpholine rings is 1. The van der Waals surface area contributed by atoms with Crippen LogP contribution in [0.4, 0.5) is 13.2 Å². The number of nitrogens with one attached hydrogen (secondary N) is 1. The third-order valence-corrected chi connectivity index (χ3v) is 7.10. The molecule has 9 nitrogen and oxygen atoms in total. The molecule has 2 aromatic carbocycles. The number of alkyl halides is 3. The molecule has 36 heavy (non-hydrogen) atoms. The number of carbonyl (C=O) groups excluding carboxylic acids is 1. The highest BCUT2D eigenvalue weighted by Gasteiger charge is 2.38. The number of amides is 1. The predicted molar refractivity (Wildman–Crippen MR) is 123 cm³/mol. The van der Waals surface area contributed by atoms with E-state index in [1.807, 2.05) is 0 Å². The lowest BCUT2D eigenvalue weighted by atomic mass is 9.99. The summed E-state index contributed by atoms with van der Waals surface area (Å²) in [5, 5.41) is 13.5. The van der Waals surface area contributed by atoms with Crippen LogP contribution in [-0.4, -0.2) is 64.3 Å². The second kappa shape index (κ2) is 9.62. The van der Waals surface area contributed by atoms with Crippen LogP contribution in [0.1, 0.15) is 36.6 Å². The highest BCUT2D eigenvalue weighted by molar-refractivity contribution is 7.91. The van der Waals surface area contributed by atoms with Crippen LogP contribution >= 0.6 is 0 Å². The minimum atomic E-state index is -4.52. The first-order valence-electron chi connectivity index (χ1n) is 11.0. The molecular weight excluding hydrogens is 499 g/mol. The van der Waals surface area contributed by atoms with Gasteiger partial charge >= 0.3 is 6.18 Å². The standard InChI is InChI=1S/C23H24F3N5O4S/c1-22(2)14-31(11-19(35-22)17-4-3-5-18(10-17)23(24,25)26)20(32)13-36(33,34)12-15-6-8-16(9-7-15)21-27-29-30-28-21/h3-10,19H,11-14H2,1-2H3,(H,27,28,29,30). The number of hydrogen-bond acceptors (Lipinski definition) is 7. The van der Waals surface area contributed by atoms with Gasteiger partial charge in [-0.15, -0.1) is 10.2 Å². The Morgan fingerprint density at radius 3 is 2.56 bits per heavy atom. The average Bonchev–Trinajstić information content (AvgIpc) is 3.32. The first-order valence-corrected chi connectivity index (χ1v) is 12.8. The molecule has 0 spiro atoms. The number of H-pyrrole nitrogens is 1. The lowest BCUT2D eigenvalue weighted by molar-refractivity contribution is -0.160. The number of rotatable bonds is 6. The van der Waals surface area contributed by atoms with Gasteiger partial charge in [0.25, 0.3) is 0 Å². The molecule has 1 aromatic heterocycles. The lowest BCUT2D eigenvalue weighted by Crippen LogP contribution is -2.53. The molecule has 4 rings (SSSR count). The van der Waals surface area contributed by atoms with Gasteiger partial charge in [-0.2, -0.15) is 18.4 Å². The first kappa shape index (κ1) is 25.8. The van der Waals surface area contributed by atoms with Crippen LogP contribution in [0.3, 0.4) is 0 Å². The van der Waals surface area contributed by atoms with Crippen LogP contribution in [0, 0.1) is 0 Å². The van der Waals surface area contributed by atoms with Gasteiger partial charge in [-0.3, -0.25) is 4.79 Å². The summed E-state index contributed by atoms with van der Waals surface area (Å²) in [6.45, 7) is 3.45. The van der Waals surface area contributed by atoms with E-state index in [1.54, 1.807) is 38.1 Å². The zero-order valence-electron chi connectivity index (χ0n) is 19.5. The summed E-state index contributed by atoms with van der Waals surface area (Å²) in [5.74, 6) is -1.35. The van der Waals surface area contributed by atoms with Gasteiger partial charge in [0, 0.05) is 12.1 Å². The number of nitrogens with zero attached hydrogens (tertiary/aromatic N) is 4. The second-order valence-electron chi connectivity index (χ2n) is 9.23. The van der Waals surface area contributed by atoms with Crippen molar-refractivity contribution >= 4 is 15.7 Å². The number of ether oxygens (including phenoxy) is 1. The van der Waals surface area contributed by atoms with Crippen molar-refractivity contribution in [1.82, 2.24) is 25.5 Å². The summed E-state index contributed by atoms with van der Waals surface area (Å²) < 4.78 is 71.0. The predicted octanol–water partition coefficient (Wildman–Crippen LogP) is 3.18. The van der Waals surface area contributed by atoms with E-state index in [9.17, 15) is 26.4 Å². The molecule has 3 aromatic rings. The number of sulfone groups is 1. The van der Waals surface area contributed by atoms with Gasteiger partial charge in [0.2, 0.25) is 11.7 Å². The molecule has 0 radical (unpaired) electrons. The molecule has 1 N–H and O–H groups in total. The second-order valence-corrected chi connectivity index (χ2v) is 11.3. The topological polar surface area (TPSA) is 118 Å². The van der Waals surface area contributed by atoms with Crippen LogP contribution in [0.5, 0.6) is 0 Å². The molecule has 1 amide bonds. The minimum Gasteiger partial charge on any atom is -0.364 e. The van der Waals surface area contributed by atoms with Crippen molar-refractivity contribution < 1.29 is 31.1 Å². The Bertz CT molecular complexity index is 1330. The van der Waals surface area contributed by atoms with Gasteiger partial charge in [0.05, 0.1) is 23.5 Å². The number of carbonyl (C=O) groups is 1. The molecule has 0 bridgehead atoms. The van der Waals surface area contributed by atoms with Crippen molar-refractivity contribution in [2.45, 2.75) is 37.5 Å². The maximum atomic E-state index is 13.2. The number of halogens is 3. The Hall–Kier alpha value is -3.32. The summed E-state index contributed by atoms with van der Waals surface area (Å²) >= 11 is 0. The fourth-order valence-corrected chi connectivity index (χ4v) is 5.44. The zero-order chi connectivity index (χ0) is 26.1. The fourth-order valence-electron chi connectivity index (χ4n) is 4.08. The lowest BCUT2D eigenvalue weighted by Gasteiger charge is -2.43. The quantitative estimate of drug-likeness (QED) is 0.527. The van der Waals surface area contributed by atoms with E-state index < -0.39 is 44.9 Å². The third kappa shape index (κ3) is 6.26. The molecule has 1 aliphatic rings. The van der Waals surface area contributed by atoms with E-state index in [0.29, 0.717) is 17.0 Å². The van der Waals surface area contributed by atoms with Crippen LogP contribution in [0.2, 0.25) is 0 Å². The molecule has 1 saturated heterocycles. The number of benzene rings is 2. The molecule has 1 unspecified atom stereocenters. The van der Waals surface area contributed by atoms with E-state index in [2.05, 4.69) is 20.6 Å². The number of aromatic nitrogens is 4. The first-order chi connectivity index (χ1) is 16.8. The van der Waals surface area contributed by atoms with Gasteiger partial charge < -0.3 is 9.64 Å². The van der Waals surface area contributed by atoms with E-state index >= 15 is 0 Å². The molecule has 1 fully saturated rings. The molecule has 0 aliphatic carbocycles. The summed E-state index contributed by atoms with van der Waals surface area (Å²) in [6, 6.07) is 11.3. The third-order valence-electron chi connectivity index (χ3n) is 5.65. The fraction of sp³-hybridized carbons (Fsp3) is 0.391. The van der Waals surface area contributed by atoms with E-state index in [0.717, 1.165) is 12.1 Å². The smallest absolute Gasteiger partial charge is 0.364 e. The van der Waals surface area contributed by atoms with Crippen molar-refractivity contribution in [2.75, 3.05) is 18.8 Å². The van der Waals surface area contributed by atoms with E-state index in [1.165, 1.54) is 17.0 Å². The Morgan fingerprint density at radius 2 is 1.92 bits per heavy atom. The van der Waals surface area contributed by atoms with Crippen molar-refractivity contribution in [3.63, 3.8) is 0 Å². The maximum Gasteiger partial charge on any atom is 0.416 e. The largest absolute Gasteiger partial charge is 0.416 e. The Balaban J connectivity index is 1.45. The van der Waals surface area contributed by atoms with Gasteiger partial charge in [-0.05, 0) is 42.3 Å². The van der Waals surface area contributed by atoms with Gasteiger partial charge in [-0.25, -0.2) is 8.42 Å². The molecule has 0 saturated carbocycles. The number of hydrogen-bond donors (Lipinski definition) is 1. The molecule has 2 heterocycles. The van der Waals surface area contributed by atoms with Gasteiger partial charge in [0.15, 0.2) is 9.84 Å². The highest BCUT2D eigenvalue weighted by Crippen LogP contribution is 2.35. The molecule has 13 heteroatoms. The van der Waals surface area contributed by atoms with Crippen LogP contribution in [0.15, 0.2) is 48.5 Å². The summed E-state index contributed by atoms with van der Waals surface area (Å²) in [5.41, 5.74) is -0.309. The van der Waals surface area contributed by atoms with Crippen LogP contribution < -0.4 is 0 Å². The summed E-state index contributed by atoms with van der Waals surface area (Å²) in [4.78, 5) is 14.3. The molecule has 1 aliphatic heterocycles. The SMILES string of the molecule is CC1(C)CN(C(=O)CS(=O)(=O)Cc2ccc(-c3nn[nH]n3)cc2)CC(c2cccc(C(F)(F)F)c2)O1. The van der Waals surface area contributed by atoms with Gasteiger partial charge in [-0.1, -0.05) is 36.4 Å². The maximum absolute atomic E-state index is 13.2. The minimum absolute atomic E-state index is 0.0571. The Kier molecular flexibility index (Phi) is 6.88. The van der Waals surface area contributed by atoms with Crippen LogP contribution in [0.25, 0.3) is 11.4 Å². The zero-order valence-corrected chi connectivity index (χ0v) is 20.3. The van der Waals surface area contributed by atoms with Crippen molar-refractivity contribution in [3.8, 4) is 11.4 Å². The van der Waals surface area contributed by atoms with Crippen molar-refractivity contribution in [2.24, 2.45) is 0 Å². The van der Waals surface area contributed by atoms with E-state index in [4.69, 9.17) is 4.74 Å². The van der Waals surface area contributed by atoms with E-state index in [-0.39, 0.29) is 24.4 Å². The van der Waals surface area contributed by atoms with Crippen molar-refractivity contribution in [1.29, 1.82) is 0 Å². The van der Waals surface area contributed by atoms with Crippen LogP contribution in [-0.2, 0) is 31.3 Å². The number of aromatic amines is 1. The average molecular weight is 524 g/mol.